The van der Waals surface area contributed by atoms with Crippen LogP contribution >= 0.6 is 11.6 Å². The summed E-state index contributed by atoms with van der Waals surface area (Å²) in [5.41, 5.74) is 1.17. The lowest BCUT2D eigenvalue weighted by Gasteiger charge is -2.31. The van der Waals surface area contributed by atoms with Gasteiger partial charge in [-0.3, -0.25) is 9.89 Å². The van der Waals surface area contributed by atoms with Crippen molar-refractivity contribution >= 4 is 17.6 Å². The first-order valence-electron chi connectivity index (χ1n) is 8.89. The number of halogens is 1. The van der Waals surface area contributed by atoms with Crippen LogP contribution in [0.1, 0.15) is 32.3 Å². The lowest BCUT2D eigenvalue weighted by molar-refractivity contribution is 0.192. The van der Waals surface area contributed by atoms with Crippen LogP contribution in [0.5, 0.6) is 0 Å². The molecule has 0 spiro atoms. The standard InChI is InChI=1S/C18H30ClN5/c1-14(2)16(24-10-4-5-11-24)13-23-18(20-3)21-9-8-15-6-7-17(19)22-12-15/h6-7,12,14,16H,4-5,8-11,13H2,1-3H3,(H2,20,21,23). The molecule has 1 aromatic rings. The Morgan fingerprint density at radius 1 is 1.29 bits per heavy atom. The minimum absolute atomic E-state index is 0.533. The quantitative estimate of drug-likeness (QED) is 0.450. The molecule has 1 aliphatic heterocycles. The number of rotatable bonds is 7. The fraction of sp³-hybridized carbons (Fsp3) is 0.667. The average Bonchev–Trinajstić information content (AvgIpc) is 3.09. The van der Waals surface area contributed by atoms with E-state index in [-0.39, 0.29) is 0 Å². The van der Waals surface area contributed by atoms with Crippen molar-refractivity contribution < 1.29 is 0 Å². The number of pyridine rings is 1. The van der Waals surface area contributed by atoms with E-state index < -0.39 is 0 Å². The highest BCUT2D eigenvalue weighted by Gasteiger charge is 2.24. The summed E-state index contributed by atoms with van der Waals surface area (Å²) < 4.78 is 0. The van der Waals surface area contributed by atoms with Crippen molar-refractivity contribution in [2.75, 3.05) is 33.2 Å². The first-order chi connectivity index (χ1) is 11.6. The summed E-state index contributed by atoms with van der Waals surface area (Å²) in [6, 6.07) is 4.40. The summed E-state index contributed by atoms with van der Waals surface area (Å²) in [5.74, 6) is 1.50. The van der Waals surface area contributed by atoms with Crippen LogP contribution in [0.2, 0.25) is 5.15 Å². The van der Waals surface area contributed by atoms with Crippen molar-refractivity contribution in [2.24, 2.45) is 10.9 Å². The SMILES string of the molecule is CN=C(NCCc1ccc(Cl)nc1)NCC(C(C)C)N1CCCC1. The summed E-state index contributed by atoms with van der Waals surface area (Å²) in [6.45, 7) is 8.79. The minimum atomic E-state index is 0.533. The molecule has 5 nitrogen and oxygen atoms in total. The van der Waals surface area contributed by atoms with Crippen LogP contribution < -0.4 is 10.6 Å². The number of likely N-dealkylation sites (tertiary alicyclic amines) is 1. The zero-order valence-electron chi connectivity index (χ0n) is 15.1. The van der Waals surface area contributed by atoms with Crippen molar-refractivity contribution in [3.8, 4) is 0 Å². The third-order valence-electron chi connectivity index (χ3n) is 4.58. The Labute approximate surface area is 150 Å². The minimum Gasteiger partial charge on any atom is -0.356 e. The maximum Gasteiger partial charge on any atom is 0.191 e. The van der Waals surface area contributed by atoms with E-state index in [0.717, 1.165) is 25.5 Å². The number of hydrogen-bond donors (Lipinski definition) is 2. The number of guanidine groups is 1. The van der Waals surface area contributed by atoms with Gasteiger partial charge in [0.05, 0.1) is 0 Å². The predicted molar refractivity (Wildman–Crippen MR) is 102 cm³/mol. The summed E-state index contributed by atoms with van der Waals surface area (Å²) >= 11 is 5.81. The highest BCUT2D eigenvalue weighted by Crippen LogP contribution is 2.17. The largest absolute Gasteiger partial charge is 0.356 e. The van der Waals surface area contributed by atoms with Gasteiger partial charge in [0.15, 0.2) is 5.96 Å². The molecule has 24 heavy (non-hydrogen) atoms. The van der Waals surface area contributed by atoms with Crippen molar-refractivity contribution in [3.05, 3.63) is 29.0 Å². The maximum absolute atomic E-state index is 5.81. The molecule has 0 saturated carbocycles. The molecule has 1 atom stereocenters. The van der Waals surface area contributed by atoms with Gasteiger partial charge in [0.1, 0.15) is 5.15 Å². The Bertz CT molecular complexity index is 509. The molecule has 1 aliphatic rings. The van der Waals surface area contributed by atoms with E-state index in [2.05, 4.69) is 39.4 Å². The van der Waals surface area contributed by atoms with Crippen molar-refractivity contribution in [1.82, 2.24) is 20.5 Å². The van der Waals surface area contributed by atoms with E-state index in [1.165, 1.54) is 31.5 Å². The van der Waals surface area contributed by atoms with Crippen molar-refractivity contribution in [1.29, 1.82) is 0 Å². The molecule has 1 aromatic heterocycles. The third kappa shape index (κ3) is 5.95. The Hall–Kier alpha value is -1.33. The maximum atomic E-state index is 5.81. The van der Waals surface area contributed by atoms with Gasteiger partial charge in [-0.2, -0.15) is 0 Å². The van der Waals surface area contributed by atoms with Gasteiger partial charge in [-0.25, -0.2) is 4.98 Å². The third-order valence-corrected chi connectivity index (χ3v) is 4.80. The number of aromatic nitrogens is 1. The highest BCUT2D eigenvalue weighted by atomic mass is 35.5. The Morgan fingerprint density at radius 3 is 2.62 bits per heavy atom. The highest BCUT2D eigenvalue weighted by molar-refractivity contribution is 6.29. The van der Waals surface area contributed by atoms with Crippen molar-refractivity contribution in [3.63, 3.8) is 0 Å². The van der Waals surface area contributed by atoms with Crippen LogP contribution in [0.4, 0.5) is 0 Å². The molecule has 1 saturated heterocycles. The molecule has 0 bridgehead atoms. The summed E-state index contributed by atoms with van der Waals surface area (Å²) in [6.07, 6.45) is 5.36. The molecule has 0 aromatic carbocycles. The number of hydrogen-bond acceptors (Lipinski definition) is 3. The van der Waals surface area contributed by atoms with Gasteiger partial charge in [-0.15, -0.1) is 0 Å². The fourth-order valence-electron chi connectivity index (χ4n) is 3.16. The van der Waals surface area contributed by atoms with Crippen molar-refractivity contribution in [2.45, 2.75) is 39.2 Å². The normalized spacial score (nSPS) is 17.3. The Kier molecular flexibility index (Phi) is 7.79. The second-order valence-electron chi connectivity index (χ2n) is 6.67. The number of aliphatic imine (C=N–C) groups is 1. The van der Waals surface area contributed by atoms with Gasteiger partial charge < -0.3 is 10.6 Å². The number of nitrogens with zero attached hydrogens (tertiary/aromatic N) is 3. The summed E-state index contributed by atoms with van der Waals surface area (Å²) in [5, 5.41) is 7.39. The molecule has 1 fully saturated rings. The molecular weight excluding hydrogens is 322 g/mol. The van der Waals surface area contributed by atoms with Crippen LogP contribution in [-0.4, -0.2) is 55.1 Å². The molecule has 2 rings (SSSR count). The molecule has 0 radical (unpaired) electrons. The smallest absolute Gasteiger partial charge is 0.191 e. The summed E-state index contributed by atoms with van der Waals surface area (Å²) in [7, 11) is 1.82. The van der Waals surface area contributed by atoms with Crippen LogP contribution in [-0.2, 0) is 6.42 Å². The topological polar surface area (TPSA) is 52.6 Å². The summed E-state index contributed by atoms with van der Waals surface area (Å²) in [4.78, 5) is 11.0. The van der Waals surface area contributed by atoms with Gasteiger partial charge in [0.25, 0.3) is 0 Å². The predicted octanol–water partition coefficient (Wildman–Crippen LogP) is 2.56. The molecule has 0 amide bonds. The zero-order chi connectivity index (χ0) is 17.4. The number of nitrogens with one attached hydrogen (secondary N) is 2. The monoisotopic (exact) mass is 351 g/mol. The van der Waals surface area contributed by atoms with E-state index in [9.17, 15) is 0 Å². The molecule has 1 unspecified atom stereocenters. The molecule has 2 heterocycles. The van der Waals surface area contributed by atoms with E-state index in [4.69, 9.17) is 11.6 Å². The van der Waals surface area contributed by atoms with Gasteiger partial charge in [0, 0.05) is 32.4 Å². The molecule has 2 N–H and O–H groups in total. The van der Waals surface area contributed by atoms with Crippen LogP contribution in [0.15, 0.2) is 23.3 Å². The molecule has 6 heteroatoms. The second-order valence-corrected chi connectivity index (χ2v) is 7.06. The molecule has 0 aliphatic carbocycles. The lowest BCUT2D eigenvalue weighted by atomic mass is 10.0. The Balaban J connectivity index is 1.75. The van der Waals surface area contributed by atoms with E-state index >= 15 is 0 Å². The van der Waals surface area contributed by atoms with Crippen LogP contribution in [0, 0.1) is 5.92 Å². The molecular formula is C18H30ClN5. The van der Waals surface area contributed by atoms with Crippen LogP contribution in [0.25, 0.3) is 0 Å². The van der Waals surface area contributed by atoms with Gasteiger partial charge in [0.2, 0.25) is 0 Å². The first-order valence-corrected chi connectivity index (χ1v) is 9.27. The van der Waals surface area contributed by atoms with Crippen LogP contribution in [0.3, 0.4) is 0 Å². The Morgan fingerprint density at radius 2 is 2.04 bits per heavy atom. The molecule has 134 valence electrons. The van der Waals surface area contributed by atoms with Gasteiger partial charge >= 0.3 is 0 Å². The van der Waals surface area contributed by atoms with E-state index in [1.54, 1.807) is 0 Å². The zero-order valence-corrected chi connectivity index (χ0v) is 15.8. The lowest BCUT2D eigenvalue weighted by Crippen LogP contribution is -2.48. The first kappa shape index (κ1) is 19.0. The van der Waals surface area contributed by atoms with Gasteiger partial charge in [-0.1, -0.05) is 31.5 Å². The van der Waals surface area contributed by atoms with E-state index in [1.807, 2.05) is 25.4 Å². The van der Waals surface area contributed by atoms with E-state index in [0.29, 0.717) is 17.1 Å². The van der Waals surface area contributed by atoms with Gasteiger partial charge in [-0.05, 0) is 49.9 Å². The average molecular weight is 352 g/mol. The fourth-order valence-corrected chi connectivity index (χ4v) is 3.27. The second kappa shape index (κ2) is 9.84.